The molecule has 7 nitrogen and oxygen atoms in total. The number of hydrogen-bond donors (Lipinski definition) is 1. The fourth-order valence-corrected chi connectivity index (χ4v) is 4.77. The highest BCUT2D eigenvalue weighted by Crippen LogP contribution is 2.39. The Kier molecular flexibility index (Phi) is 6.93. The summed E-state index contributed by atoms with van der Waals surface area (Å²) < 4.78 is 16.2. The molecular formula is C25H33N3O4. The van der Waals surface area contributed by atoms with Crippen molar-refractivity contribution < 1.29 is 19.0 Å². The first-order chi connectivity index (χ1) is 15.6. The smallest absolute Gasteiger partial charge is 0.318 e. The Morgan fingerprint density at radius 3 is 2.22 bits per heavy atom. The Morgan fingerprint density at radius 2 is 1.56 bits per heavy atom. The van der Waals surface area contributed by atoms with Crippen molar-refractivity contribution in [3.8, 4) is 17.2 Å². The van der Waals surface area contributed by atoms with E-state index in [1.54, 1.807) is 21.3 Å². The average Bonchev–Trinajstić information content (AvgIpc) is 3.34. The van der Waals surface area contributed by atoms with Crippen LogP contribution in [0.25, 0.3) is 0 Å². The minimum Gasteiger partial charge on any atom is -0.497 e. The largest absolute Gasteiger partial charge is 0.497 e. The van der Waals surface area contributed by atoms with E-state index >= 15 is 0 Å². The number of rotatable bonds is 6. The molecule has 7 heteroatoms. The highest BCUT2D eigenvalue weighted by atomic mass is 16.5. The molecule has 32 heavy (non-hydrogen) atoms. The summed E-state index contributed by atoms with van der Waals surface area (Å²) in [6.45, 7) is 2.59. The number of piperidine rings is 1. The topological polar surface area (TPSA) is 63.3 Å². The third kappa shape index (κ3) is 4.71. The molecule has 172 valence electrons. The summed E-state index contributed by atoms with van der Waals surface area (Å²) >= 11 is 0. The molecule has 2 saturated heterocycles. The summed E-state index contributed by atoms with van der Waals surface area (Å²) in [4.78, 5) is 17.5. The van der Waals surface area contributed by atoms with Crippen LogP contribution in [0.4, 0.5) is 10.5 Å². The van der Waals surface area contributed by atoms with Gasteiger partial charge in [-0.3, -0.25) is 0 Å². The fourth-order valence-electron chi connectivity index (χ4n) is 4.77. The second-order valence-electron chi connectivity index (χ2n) is 8.37. The van der Waals surface area contributed by atoms with Crippen LogP contribution >= 0.6 is 0 Å². The molecule has 2 aromatic rings. The van der Waals surface area contributed by atoms with Gasteiger partial charge in [0.05, 0.1) is 27.4 Å². The van der Waals surface area contributed by atoms with Crippen molar-refractivity contribution in [1.82, 2.24) is 10.2 Å². The van der Waals surface area contributed by atoms with Gasteiger partial charge in [-0.2, -0.15) is 0 Å². The van der Waals surface area contributed by atoms with Gasteiger partial charge in [0.1, 0.15) is 17.2 Å². The SMILES string of the molecule is COc1ccc(N2CCC(NC(=O)N3CCCC3c3cc(OC)ccc3OC)CC2)cc1. The molecule has 1 N–H and O–H groups in total. The standard InChI is InChI=1S/C25H33N3O4/c1-30-20-8-6-19(7-9-20)27-15-12-18(13-16-27)26-25(29)28-14-4-5-23(28)22-17-21(31-2)10-11-24(22)32-3/h6-11,17-18,23H,4-5,12-16H2,1-3H3,(H,26,29). The first-order valence-electron chi connectivity index (χ1n) is 11.3. The minimum absolute atomic E-state index is 0.000520. The van der Waals surface area contributed by atoms with Crippen molar-refractivity contribution in [1.29, 1.82) is 0 Å². The lowest BCUT2D eigenvalue weighted by atomic mass is 10.0. The van der Waals surface area contributed by atoms with Crippen molar-refractivity contribution in [3.05, 3.63) is 48.0 Å². The van der Waals surface area contributed by atoms with Gasteiger partial charge >= 0.3 is 6.03 Å². The van der Waals surface area contributed by atoms with Gasteiger partial charge in [-0.05, 0) is 68.1 Å². The monoisotopic (exact) mass is 439 g/mol. The lowest BCUT2D eigenvalue weighted by Gasteiger charge is -2.35. The molecule has 0 spiro atoms. The molecule has 2 aliphatic rings. The summed E-state index contributed by atoms with van der Waals surface area (Å²) in [7, 11) is 5.00. The zero-order chi connectivity index (χ0) is 22.5. The van der Waals surface area contributed by atoms with Crippen LogP contribution in [0.1, 0.15) is 37.3 Å². The van der Waals surface area contributed by atoms with Crippen molar-refractivity contribution in [2.24, 2.45) is 0 Å². The first-order valence-corrected chi connectivity index (χ1v) is 11.3. The van der Waals surface area contributed by atoms with Crippen LogP contribution in [-0.4, -0.2) is 57.9 Å². The molecular weight excluding hydrogens is 406 g/mol. The van der Waals surface area contributed by atoms with E-state index in [0.29, 0.717) is 0 Å². The van der Waals surface area contributed by atoms with E-state index in [4.69, 9.17) is 14.2 Å². The normalized spacial score (nSPS) is 19.0. The van der Waals surface area contributed by atoms with Gasteiger partial charge in [0, 0.05) is 36.9 Å². The summed E-state index contributed by atoms with van der Waals surface area (Å²) in [5.74, 6) is 2.44. The van der Waals surface area contributed by atoms with E-state index in [1.165, 1.54) is 5.69 Å². The molecule has 2 amide bonds. The van der Waals surface area contributed by atoms with Crippen LogP contribution in [0.5, 0.6) is 17.2 Å². The number of hydrogen-bond acceptors (Lipinski definition) is 5. The molecule has 2 aliphatic heterocycles. The molecule has 0 radical (unpaired) electrons. The van der Waals surface area contributed by atoms with Crippen LogP contribution in [0.3, 0.4) is 0 Å². The number of anilines is 1. The van der Waals surface area contributed by atoms with Gasteiger partial charge in [-0.25, -0.2) is 4.79 Å². The highest BCUT2D eigenvalue weighted by Gasteiger charge is 2.33. The zero-order valence-electron chi connectivity index (χ0n) is 19.2. The van der Waals surface area contributed by atoms with Crippen molar-refractivity contribution in [3.63, 3.8) is 0 Å². The molecule has 2 aromatic carbocycles. The van der Waals surface area contributed by atoms with E-state index in [1.807, 2.05) is 35.2 Å². The molecule has 1 atom stereocenters. The van der Waals surface area contributed by atoms with Crippen LogP contribution in [0.15, 0.2) is 42.5 Å². The number of methoxy groups -OCH3 is 3. The molecule has 2 fully saturated rings. The number of nitrogens with one attached hydrogen (secondary N) is 1. The number of carbonyl (C=O) groups is 1. The van der Waals surface area contributed by atoms with Gasteiger partial charge in [-0.1, -0.05) is 0 Å². The quantitative estimate of drug-likeness (QED) is 0.730. The number of urea groups is 1. The molecule has 4 rings (SSSR count). The van der Waals surface area contributed by atoms with E-state index in [2.05, 4.69) is 22.3 Å². The summed E-state index contributed by atoms with van der Waals surface area (Å²) in [5.41, 5.74) is 2.20. The number of ether oxygens (including phenoxy) is 3. The predicted molar refractivity (Wildman–Crippen MR) is 125 cm³/mol. The Balaban J connectivity index is 1.37. The lowest BCUT2D eigenvalue weighted by molar-refractivity contribution is 0.185. The first kappa shape index (κ1) is 22.1. The van der Waals surface area contributed by atoms with Crippen LogP contribution in [0.2, 0.25) is 0 Å². The van der Waals surface area contributed by atoms with Gasteiger partial charge in [0.2, 0.25) is 0 Å². The lowest BCUT2D eigenvalue weighted by Crippen LogP contribution is -2.49. The van der Waals surface area contributed by atoms with Crippen LogP contribution < -0.4 is 24.4 Å². The zero-order valence-corrected chi connectivity index (χ0v) is 19.2. The van der Waals surface area contributed by atoms with Gasteiger partial charge in [0.25, 0.3) is 0 Å². The van der Waals surface area contributed by atoms with E-state index in [9.17, 15) is 4.79 Å². The predicted octanol–water partition coefficient (Wildman–Crippen LogP) is 4.23. The summed E-state index contributed by atoms with van der Waals surface area (Å²) in [6.07, 6.45) is 3.76. The van der Waals surface area contributed by atoms with Crippen molar-refractivity contribution in [2.45, 2.75) is 37.8 Å². The van der Waals surface area contributed by atoms with E-state index in [0.717, 1.165) is 68.1 Å². The maximum Gasteiger partial charge on any atom is 0.318 e. The van der Waals surface area contributed by atoms with Gasteiger partial charge in [-0.15, -0.1) is 0 Å². The molecule has 2 heterocycles. The molecule has 0 bridgehead atoms. The second kappa shape index (κ2) is 10.0. The van der Waals surface area contributed by atoms with Crippen molar-refractivity contribution >= 4 is 11.7 Å². The van der Waals surface area contributed by atoms with Crippen LogP contribution in [-0.2, 0) is 0 Å². The molecule has 1 unspecified atom stereocenters. The number of likely N-dealkylation sites (tertiary alicyclic amines) is 1. The van der Waals surface area contributed by atoms with Crippen molar-refractivity contribution in [2.75, 3.05) is 45.9 Å². The highest BCUT2D eigenvalue weighted by molar-refractivity contribution is 5.75. The molecule has 0 saturated carbocycles. The Labute approximate surface area is 190 Å². The fraction of sp³-hybridized carbons (Fsp3) is 0.480. The van der Waals surface area contributed by atoms with Gasteiger partial charge in [0.15, 0.2) is 0 Å². The minimum atomic E-state index is -0.000520. The third-order valence-corrected chi connectivity index (χ3v) is 6.57. The summed E-state index contributed by atoms with van der Waals surface area (Å²) in [5, 5.41) is 3.29. The third-order valence-electron chi connectivity index (χ3n) is 6.57. The van der Waals surface area contributed by atoms with E-state index in [-0.39, 0.29) is 18.1 Å². The maximum absolute atomic E-state index is 13.2. The molecule has 0 aliphatic carbocycles. The van der Waals surface area contributed by atoms with Crippen LogP contribution in [0, 0.1) is 0 Å². The average molecular weight is 440 g/mol. The van der Waals surface area contributed by atoms with E-state index < -0.39 is 0 Å². The number of carbonyl (C=O) groups excluding carboxylic acids is 1. The Bertz CT molecular complexity index is 910. The Hall–Kier alpha value is -3.09. The second-order valence-corrected chi connectivity index (χ2v) is 8.37. The molecule has 0 aromatic heterocycles. The summed E-state index contributed by atoms with van der Waals surface area (Å²) in [6, 6.07) is 14.2. The number of benzene rings is 2. The maximum atomic E-state index is 13.2. The number of amides is 2. The van der Waals surface area contributed by atoms with Gasteiger partial charge < -0.3 is 29.3 Å². The number of nitrogens with zero attached hydrogens (tertiary/aromatic N) is 2. The Morgan fingerprint density at radius 1 is 0.875 bits per heavy atom.